The summed E-state index contributed by atoms with van der Waals surface area (Å²) in [7, 11) is 3.68. The van der Waals surface area contributed by atoms with Gasteiger partial charge in [-0.2, -0.15) is 5.10 Å². The average molecular weight is 375 g/mol. The number of carbonyl (C=O) groups excluding carboxylic acids is 3. The van der Waals surface area contributed by atoms with Gasteiger partial charge in [-0.25, -0.2) is 14.4 Å². The zero-order valence-electron chi connectivity index (χ0n) is 14.9. The molecule has 0 aliphatic carbocycles. The second-order valence-electron chi connectivity index (χ2n) is 5.48. The van der Waals surface area contributed by atoms with E-state index in [0.29, 0.717) is 16.6 Å². The zero-order chi connectivity index (χ0) is 19.6. The summed E-state index contributed by atoms with van der Waals surface area (Å²) in [6.07, 6.45) is 0. The highest BCUT2D eigenvalue weighted by Crippen LogP contribution is 2.32. The SMILES string of the molecule is COC(=O)C1=C(C(=O)OC)N(c2cccc3c(C(=O)OC)[nH]nc23)COC1. The van der Waals surface area contributed by atoms with Gasteiger partial charge in [-0.15, -0.1) is 0 Å². The van der Waals surface area contributed by atoms with Gasteiger partial charge in [0.05, 0.1) is 39.2 Å². The Labute approximate surface area is 153 Å². The molecule has 2 heterocycles. The Morgan fingerprint density at radius 1 is 1.07 bits per heavy atom. The fraction of sp³-hybridized carbons (Fsp3) is 0.294. The van der Waals surface area contributed by atoms with Crippen molar-refractivity contribution < 1.29 is 33.3 Å². The highest BCUT2D eigenvalue weighted by atomic mass is 16.5. The van der Waals surface area contributed by atoms with Crippen molar-refractivity contribution in [2.75, 3.05) is 39.6 Å². The molecule has 27 heavy (non-hydrogen) atoms. The van der Waals surface area contributed by atoms with Gasteiger partial charge in [0, 0.05) is 5.39 Å². The van der Waals surface area contributed by atoms with Crippen molar-refractivity contribution >= 4 is 34.5 Å². The van der Waals surface area contributed by atoms with Crippen molar-refractivity contribution in [2.45, 2.75) is 0 Å². The van der Waals surface area contributed by atoms with Crippen molar-refractivity contribution in [2.24, 2.45) is 0 Å². The molecule has 1 aromatic carbocycles. The molecule has 0 saturated carbocycles. The topological polar surface area (TPSA) is 120 Å². The first-order valence-corrected chi connectivity index (χ1v) is 7.84. The van der Waals surface area contributed by atoms with Crippen molar-refractivity contribution in [1.29, 1.82) is 0 Å². The molecule has 10 nitrogen and oxygen atoms in total. The summed E-state index contributed by atoms with van der Waals surface area (Å²) in [5, 5.41) is 7.28. The molecular formula is C17H17N3O7. The Bertz CT molecular complexity index is 947. The van der Waals surface area contributed by atoms with Gasteiger partial charge in [0.25, 0.3) is 0 Å². The Morgan fingerprint density at radius 2 is 1.78 bits per heavy atom. The lowest BCUT2D eigenvalue weighted by atomic mass is 10.1. The minimum absolute atomic E-state index is 0.00859. The van der Waals surface area contributed by atoms with Crippen LogP contribution in [0.4, 0.5) is 5.69 Å². The molecule has 0 bridgehead atoms. The standard InChI is InChI=1S/C17H17N3O7/c1-24-15(21)10-7-27-8-20(14(10)17(23)26-3)11-6-4-5-9-12(11)18-19-13(9)16(22)25-2/h4-6H,7-8H2,1-3H3,(H,18,19). The van der Waals surface area contributed by atoms with Gasteiger partial charge in [0.2, 0.25) is 0 Å². The smallest absolute Gasteiger partial charge is 0.356 e. The van der Waals surface area contributed by atoms with E-state index < -0.39 is 17.9 Å². The van der Waals surface area contributed by atoms with E-state index >= 15 is 0 Å². The number of aromatic nitrogens is 2. The molecule has 0 atom stereocenters. The Balaban J connectivity index is 2.19. The Morgan fingerprint density at radius 3 is 2.44 bits per heavy atom. The molecule has 0 fully saturated rings. The van der Waals surface area contributed by atoms with Gasteiger partial charge in [-0.3, -0.25) is 5.10 Å². The van der Waals surface area contributed by atoms with Gasteiger partial charge in [0.1, 0.15) is 17.9 Å². The minimum atomic E-state index is -0.723. The van der Waals surface area contributed by atoms with E-state index in [0.717, 1.165) is 0 Å². The first-order chi connectivity index (χ1) is 13.0. The van der Waals surface area contributed by atoms with Gasteiger partial charge in [-0.05, 0) is 6.07 Å². The third kappa shape index (κ3) is 3.10. The lowest BCUT2D eigenvalue weighted by molar-refractivity contribution is -0.140. The van der Waals surface area contributed by atoms with E-state index in [1.807, 2.05) is 0 Å². The van der Waals surface area contributed by atoms with Crippen LogP contribution in [0.15, 0.2) is 29.5 Å². The van der Waals surface area contributed by atoms with Crippen molar-refractivity contribution in [3.8, 4) is 0 Å². The van der Waals surface area contributed by atoms with Crippen LogP contribution in [-0.2, 0) is 28.5 Å². The van der Waals surface area contributed by atoms with Crippen LogP contribution in [0.25, 0.3) is 10.9 Å². The lowest BCUT2D eigenvalue weighted by Gasteiger charge is -2.31. The van der Waals surface area contributed by atoms with E-state index in [-0.39, 0.29) is 30.3 Å². The van der Waals surface area contributed by atoms with E-state index in [1.54, 1.807) is 18.2 Å². The predicted octanol–water partition coefficient (Wildman–Crippen LogP) is 0.744. The molecule has 142 valence electrons. The number of ether oxygens (including phenoxy) is 4. The number of carbonyl (C=O) groups is 3. The van der Waals surface area contributed by atoms with Crippen LogP contribution in [0.1, 0.15) is 10.5 Å². The number of hydrogen-bond donors (Lipinski definition) is 1. The van der Waals surface area contributed by atoms with Crippen LogP contribution in [0, 0.1) is 0 Å². The van der Waals surface area contributed by atoms with Gasteiger partial charge >= 0.3 is 17.9 Å². The molecule has 10 heteroatoms. The summed E-state index contributed by atoms with van der Waals surface area (Å²) in [5.41, 5.74) is 1.03. The van der Waals surface area contributed by atoms with Crippen molar-refractivity contribution in [3.63, 3.8) is 0 Å². The molecule has 1 aliphatic rings. The molecule has 1 aliphatic heterocycles. The molecule has 1 aromatic heterocycles. The summed E-state index contributed by atoms with van der Waals surface area (Å²) in [6, 6.07) is 5.04. The number of H-pyrrole nitrogens is 1. The largest absolute Gasteiger partial charge is 0.466 e. The number of aromatic amines is 1. The first-order valence-electron chi connectivity index (χ1n) is 7.84. The molecule has 1 N–H and O–H groups in total. The van der Waals surface area contributed by atoms with Crippen molar-refractivity contribution in [1.82, 2.24) is 10.2 Å². The van der Waals surface area contributed by atoms with Crippen LogP contribution in [0.3, 0.4) is 0 Å². The maximum Gasteiger partial charge on any atom is 0.356 e. The predicted molar refractivity (Wildman–Crippen MR) is 91.8 cm³/mol. The first kappa shape index (κ1) is 18.4. The van der Waals surface area contributed by atoms with E-state index in [4.69, 9.17) is 18.9 Å². The fourth-order valence-corrected chi connectivity index (χ4v) is 2.83. The second-order valence-corrected chi connectivity index (χ2v) is 5.48. The minimum Gasteiger partial charge on any atom is -0.466 e. The molecule has 0 unspecified atom stereocenters. The molecule has 0 radical (unpaired) electrons. The quantitative estimate of drug-likeness (QED) is 0.609. The average Bonchev–Trinajstić information content (AvgIpc) is 3.15. The molecule has 0 spiro atoms. The monoisotopic (exact) mass is 375 g/mol. The number of nitrogens with one attached hydrogen (secondary N) is 1. The van der Waals surface area contributed by atoms with E-state index in [2.05, 4.69) is 10.2 Å². The number of fused-ring (bicyclic) bond motifs is 1. The highest BCUT2D eigenvalue weighted by molar-refractivity contribution is 6.08. The normalized spacial score (nSPS) is 14.3. The maximum atomic E-state index is 12.4. The zero-order valence-corrected chi connectivity index (χ0v) is 14.9. The van der Waals surface area contributed by atoms with Crippen LogP contribution >= 0.6 is 0 Å². The highest BCUT2D eigenvalue weighted by Gasteiger charge is 2.33. The number of nitrogens with zero attached hydrogens (tertiary/aromatic N) is 2. The maximum absolute atomic E-state index is 12.4. The number of benzene rings is 1. The number of esters is 3. The van der Waals surface area contributed by atoms with Crippen molar-refractivity contribution in [3.05, 3.63) is 35.2 Å². The van der Waals surface area contributed by atoms with Gasteiger partial charge in [-0.1, -0.05) is 12.1 Å². The van der Waals surface area contributed by atoms with Crippen LogP contribution in [0.5, 0.6) is 0 Å². The van der Waals surface area contributed by atoms with Crippen LogP contribution in [0.2, 0.25) is 0 Å². The number of anilines is 1. The third-order valence-corrected chi connectivity index (χ3v) is 4.08. The second kappa shape index (κ2) is 7.46. The summed E-state index contributed by atoms with van der Waals surface area (Å²) in [4.78, 5) is 37.8. The number of rotatable bonds is 4. The van der Waals surface area contributed by atoms with Gasteiger partial charge in [0.15, 0.2) is 5.69 Å². The summed E-state index contributed by atoms with van der Waals surface area (Å²) in [6.45, 7) is -0.123. The van der Waals surface area contributed by atoms with E-state index in [1.165, 1.54) is 26.2 Å². The van der Waals surface area contributed by atoms with Gasteiger partial charge < -0.3 is 23.8 Å². The number of para-hydroxylation sites is 1. The summed E-state index contributed by atoms with van der Waals surface area (Å²) < 4.78 is 19.8. The third-order valence-electron chi connectivity index (χ3n) is 4.08. The molecule has 2 aromatic rings. The fourth-order valence-electron chi connectivity index (χ4n) is 2.83. The van der Waals surface area contributed by atoms with Crippen LogP contribution in [-0.4, -0.2) is 62.8 Å². The van der Waals surface area contributed by atoms with E-state index in [9.17, 15) is 14.4 Å². The molecular weight excluding hydrogens is 358 g/mol. The number of methoxy groups -OCH3 is 3. The lowest BCUT2D eigenvalue weighted by Crippen LogP contribution is -2.38. The Hall–Kier alpha value is -3.40. The molecule has 0 saturated heterocycles. The summed E-state index contributed by atoms with van der Waals surface area (Å²) >= 11 is 0. The van der Waals surface area contributed by atoms with Crippen LogP contribution < -0.4 is 4.90 Å². The number of hydrogen-bond acceptors (Lipinski definition) is 9. The molecule has 3 rings (SSSR count). The Kier molecular flexibility index (Phi) is 5.08. The molecule has 0 amide bonds. The summed E-state index contributed by atoms with van der Waals surface area (Å²) in [5.74, 6) is -2.01.